The van der Waals surface area contributed by atoms with Gasteiger partial charge >= 0.3 is 0 Å². The van der Waals surface area contributed by atoms with E-state index >= 15 is 0 Å². The molecule has 1 aromatic rings. The van der Waals surface area contributed by atoms with Crippen LogP contribution in [-0.4, -0.2) is 11.7 Å². The summed E-state index contributed by atoms with van der Waals surface area (Å²) in [5.74, 6) is 1.26. The molecule has 0 spiro atoms. The number of fused-ring (bicyclic) bond motifs is 2. The lowest BCUT2D eigenvalue weighted by atomic mass is 9.70. The van der Waals surface area contributed by atoms with Crippen molar-refractivity contribution in [1.82, 2.24) is 0 Å². The maximum Gasteiger partial charge on any atom is 0.137 e. The van der Waals surface area contributed by atoms with E-state index in [1.165, 1.54) is 25.3 Å². The number of benzene rings is 1. The molecule has 2 aliphatic rings. The largest absolute Gasteiger partial charge is 0.396 e. The van der Waals surface area contributed by atoms with Crippen molar-refractivity contribution in [1.29, 1.82) is 0 Å². The van der Waals surface area contributed by atoms with Crippen LogP contribution in [0, 0.1) is 23.1 Å². The van der Waals surface area contributed by atoms with Crippen molar-refractivity contribution in [2.24, 2.45) is 17.3 Å². The molecule has 0 heterocycles. The summed E-state index contributed by atoms with van der Waals surface area (Å²) in [6.45, 7) is 0.267. The average molecular weight is 313 g/mol. The van der Waals surface area contributed by atoms with E-state index in [9.17, 15) is 9.50 Å². The van der Waals surface area contributed by atoms with Gasteiger partial charge in [0.1, 0.15) is 5.82 Å². The molecule has 2 fully saturated rings. The van der Waals surface area contributed by atoms with Gasteiger partial charge in [-0.05, 0) is 71.1 Å². The molecule has 3 unspecified atom stereocenters. The molecule has 0 aliphatic heterocycles. The van der Waals surface area contributed by atoms with Gasteiger partial charge in [0.2, 0.25) is 0 Å². The number of aliphatic hydroxyl groups excluding tert-OH is 1. The van der Waals surface area contributed by atoms with E-state index in [-0.39, 0.29) is 17.8 Å². The van der Waals surface area contributed by atoms with Crippen molar-refractivity contribution in [3.05, 3.63) is 34.1 Å². The van der Waals surface area contributed by atoms with Crippen molar-refractivity contribution in [3.8, 4) is 0 Å². The third kappa shape index (κ3) is 2.01. The first kappa shape index (κ1) is 12.6. The molecule has 0 radical (unpaired) electrons. The quantitative estimate of drug-likeness (QED) is 0.896. The Morgan fingerprint density at radius 1 is 1.39 bits per heavy atom. The normalized spacial score (nSPS) is 34.2. The predicted molar refractivity (Wildman–Crippen MR) is 72.8 cm³/mol. The summed E-state index contributed by atoms with van der Waals surface area (Å²) in [6, 6.07) is 5.22. The number of hydrogen-bond acceptors (Lipinski definition) is 1. The summed E-state index contributed by atoms with van der Waals surface area (Å²) in [4.78, 5) is 0. The highest BCUT2D eigenvalue weighted by molar-refractivity contribution is 9.10. The SMILES string of the molecule is OCC1(Cc2ccc(F)c(Br)c2)CC2CCC1C2. The van der Waals surface area contributed by atoms with Crippen LogP contribution >= 0.6 is 15.9 Å². The Bertz CT molecular complexity index is 462. The van der Waals surface area contributed by atoms with E-state index in [2.05, 4.69) is 15.9 Å². The van der Waals surface area contributed by atoms with Gasteiger partial charge in [-0.2, -0.15) is 0 Å². The van der Waals surface area contributed by atoms with E-state index in [0.29, 0.717) is 10.4 Å². The molecular weight excluding hydrogens is 295 g/mol. The fraction of sp³-hybridized carbons (Fsp3) is 0.600. The molecule has 1 nitrogen and oxygen atoms in total. The van der Waals surface area contributed by atoms with Crippen LogP contribution in [0.2, 0.25) is 0 Å². The molecule has 0 saturated heterocycles. The van der Waals surface area contributed by atoms with Crippen molar-refractivity contribution in [2.75, 3.05) is 6.61 Å². The molecule has 2 bridgehead atoms. The van der Waals surface area contributed by atoms with Crippen molar-refractivity contribution in [3.63, 3.8) is 0 Å². The average Bonchev–Trinajstić information content (AvgIpc) is 2.94. The fourth-order valence-corrected chi connectivity index (χ4v) is 4.51. The lowest BCUT2D eigenvalue weighted by Crippen LogP contribution is -2.34. The van der Waals surface area contributed by atoms with Gasteiger partial charge in [0.05, 0.1) is 4.47 Å². The van der Waals surface area contributed by atoms with E-state index in [1.807, 2.05) is 12.1 Å². The fourth-order valence-electron chi connectivity index (χ4n) is 4.08. The van der Waals surface area contributed by atoms with Crippen LogP contribution in [-0.2, 0) is 6.42 Å². The number of rotatable bonds is 3. The Kier molecular flexibility index (Phi) is 3.23. The van der Waals surface area contributed by atoms with Gasteiger partial charge in [-0.3, -0.25) is 0 Å². The Morgan fingerprint density at radius 2 is 2.22 bits per heavy atom. The van der Waals surface area contributed by atoms with Gasteiger partial charge in [-0.15, -0.1) is 0 Å². The van der Waals surface area contributed by atoms with E-state index in [1.54, 1.807) is 0 Å². The Balaban J connectivity index is 1.84. The number of aliphatic hydroxyl groups is 1. The summed E-state index contributed by atoms with van der Waals surface area (Å²) in [6.07, 6.45) is 5.89. The van der Waals surface area contributed by atoms with Gasteiger partial charge in [-0.1, -0.05) is 12.5 Å². The van der Waals surface area contributed by atoms with Crippen LogP contribution in [0.15, 0.2) is 22.7 Å². The third-order valence-corrected chi connectivity index (χ3v) is 5.57. The monoisotopic (exact) mass is 312 g/mol. The summed E-state index contributed by atoms with van der Waals surface area (Å²) >= 11 is 3.24. The molecule has 0 aromatic heterocycles. The highest BCUT2D eigenvalue weighted by atomic mass is 79.9. The molecule has 1 aromatic carbocycles. The molecule has 3 rings (SSSR count). The van der Waals surface area contributed by atoms with Gasteiger partial charge in [0.15, 0.2) is 0 Å². The summed E-state index contributed by atoms with van der Waals surface area (Å²) in [5.41, 5.74) is 1.19. The van der Waals surface area contributed by atoms with Crippen LogP contribution in [0.25, 0.3) is 0 Å². The first-order valence-electron chi connectivity index (χ1n) is 6.68. The predicted octanol–water partition coefficient (Wildman–Crippen LogP) is 3.93. The van der Waals surface area contributed by atoms with Crippen molar-refractivity contribution in [2.45, 2.75) is 32.1 Å². The topological polar surface area (TPSA) is 20.2 Å². The van der Waals surface area contributed by atoms with Crippen LogP contribution < -0.4 is 0 Å². The van der Waals surface area contributed by atoms with Gasteiger partial charge < -0.3 is 5.11 Å². The smallest absolute Gasteiger partial charge is 0.137 e. The number of hydrogen-bond donors (Lipinski definition) is 1. The zero-order chi connectivity index (χ0) is 12.8. The van der Waals surface area contributed by atoms with Gasteiger partial charge in [-0.25, -0.2) is 4.39 Å². The molecule has 2 aliphatic carbocycles. The maximum atomic E-state index is 13.2. The molecule has 3 heteroatoms. The lowest BCUT2D eigenvalue weighted by Gasteiger charge is -2.36. The molecule has 2 saturated carbocycles. The number of halogens is 2. The Labute approximate surface area is 116 Å². The molecule has 0 amide bonds. The second kappa shape index (κ2) is 4.61. The minimum absolute atomic E-state index is 0.0557. The minimum Gasteiger partial charge on any atom is -0.396 e. The van der Waals surface area contributed by atoms with E-state index in [0.717, 1.165) is 24.3 Å². The molecule has 18 heavy (non-hydrogen) atoms. The first-order chi connectivity index (χ1) is 8.63. The second-order valence-corrected chi connectivity index (χ2v) is 6.88. The maximum absolute atomic E-state index is 13.2. The Morgan fingerprint density at radius 3 is 2.78 bits per heavy atom. The zero-order valence-corrected chi connectivity index (χ0v) is 11.9. The summed E-state index contributed by atoms with van der Waals surface area (Å²) in [5, 5.41) is 9.84. The van der Waals surface area contributed by atoms with E-state index < -0.39 is 0 Å². The molecule has 98 valence electrons. The van der Waals surface area contributed by atoms with Crippen molar-refractivity contribution < 1.29 is 9.50 Å². The molecule has 3 atom stereocenters. The third-order valence-electron chi connectivity index (χ3n) is 4.96. The van der Waals surface area contributed by atoms with Gasteiger partial charge in [0.25, 0.3) is 0 Å². The van der Waals surface area contributed by atoms with Crippen LogP contribution in [0.5, 0.6) is 0 Å². The molecule has 1 N–H and O–H groups in total. The highest BCUT2D eigenvalue weighted by Crippen LogP contribution is 2.57. The lowest BCUT2D eigenvalue weighted by molar-refractivity contribution is 0.0651. The van der Waals surface area contributed by atoms with Crippen LogP contribution in [0.3, 0.4) is 0 Å². The first-order valence-corrected chi connectivity index (χ1v) is 7.47. The second-order valence-electron chi connectivity index (χ2n) is 6.03. The Hall–Kier alpha value is -0.410. The standard InChI is InChI=1S/C15H18BrFO/c16-13-6-11(2-4-14(13)17)8-15(9-18)7-10-1-3-12(15)5-10/h2,4,6,10,12,18H,1,3,5,7-9H2. The van der Waals surface area contributed by atoms with Gasteiger partial charge in [0, 0.05) is 12.0 Å². The van der Waals surface area contributed by atoms with Crippen LogP contribution in [0.1, 0.15) is 31.2 Å². The van der Waals surface area contributed by atoms with Crippen molar-refractivity contribution >= 4 is 15.9 Å². The van der Waals surface area contributed by atoms with E-state index in [4.69, 9.17) is 0 Å². The molecular formula is C15H18BrFO. The zero-order valence-electron chi connectivity index (χ0n) is 10.3. The minimum atomic E-state index is -0.218. The summed E-state index contributed by atoms with van der Waals surface area (Å²) < 4.78 is 13.8. The summed E-state index contributed by atoms with van der Waals surface area (Å²) in [7, 11) is 0. The van der Waals surface area contributed by atoms with Crippen LogP contribution in [0.4, 0.5) is 4.39 Å². The highest BCUT2D eigenvalue weighted by Gasteiger charge is 2.50.